The number of anilines is 1. The Hall–Kier alpha value is -1.42. The number of aliphatic imine (C=N–C) groups is 1. The van der Waals surface area contributed by atoms with Gasteiger partial charge in [0.2, 0.25) is 5.13 Å². The predicted octanol–water partition coefficient (Wildman–Crippen LogP) is 3.00. The molecule has 0 radical (unpaired) electrons. The summed E-state index contributed by atoms with van der Waals surface area (Å²) in [7, 11) is 1.90. The number of hydrogen-bond acceptors (Lipinski definition) is 5. The van der Waals surface area contributed by atoms with Gasteiger partial charge in [0.1, 0.15) is 5.82 Å². The third-order valence-corrected chi connectivity index (χ3v) is 7.35. The summed E-state index contributed by atoms with van der Waals surface area (Å²) in [6.07, 6.45) is 2.16. The van der Waals surface area contributed by atoms with Crippen LogP contribution in [0.15, 0.2) is 29.3 Å². The van der Waals surface area contributed by atoms with Gasteiger partial charge in [0, 0.05) is 57.7 Å². The van der Waals surface area contributed by atoms with E-state index in [9.17, 15) is 0 Å². The van der Waals surface area contributed by atoms with E-state index in [4.69, 9.17) is 0 Å². The summed E-state index contributed by atoms with van der Waals surface area (Å²) < 4.78 is 4.42. The lowest BCUT2D eigenvalue weighted by Crippen LogP contribution is -2.52. The number of nitrogens with one attached hydrogen (secondary N) is 1. The molecular formula is C21H29IN6S. The first-order valence-corrected chi connectivity index (χ1v) is 11.2. The zero-order valence-electron chi connectivity index (χ0n) is 17.0. The van der Waals surface area contributed by atoms with Gasteiger partial charge in [-0.1, -0.05) is 31.2 Å². The topological polar surface area (TPSA) is 56.7 Å². The van der Waals surface area contributed by atoms with Gasteiger partial charge in [-0.15, -0.1) is 24.0 Å². The average Bonchev–Trinajstić information content (AvgIpc) is 3.10. The highest BCUT2D eigenvalue weighted by Gasteiger charge is 2.55. The lowest BCUT2D eigenvalue weighted by Gasteiger charge is -2.36. The quantitative estimate of drug-likeness (QED) is 0.379. The molecule has 29 heavy (non-hydrogen) atoms. The minimum absolute atomic E-state index is 0. The zero-order valence-corrected chi connectivity index (χ0v) is 20.2. The summed E-state index contributed by atoms with van der Waals surface area (Å²) in [4.78, 5) is 13.9. The van der Waals surface area contributed by atoms with E-state index >= 15 is 0 Å². The van der Waals surface area contributed by atoms with E-state index in [1.807, 2.05) is 7.05 Å². The third-order valence-electron chi connectivity index (χ3n) is 6.53. The summed E-state index contributed by atoms with van der Waals surface area (Å²) in [5, 5.41) is 4.72. The summed E-state index contributed by atoms with van der Waals surface area (Å²) in [5.41, 5.74) is 3.16. The van der Waals surface area contributed by atoms with E-state index in [2.05, 4.69) is 60.7 Å². The second-order valence-corrected chi connectivity index (χ2v) is 8.74. The Kier molecular flexibility index (Phi) is 6.29. The van der Waals surface area contributed by atoms with Gasteiger partial charge in [-0.3, -0.25) is 4.99 Å². The van der Waals surface area contributed by atoms with E-state index < -0.39 is 0 Å². The molecule has 1 N–H and O–H groups in total. The molecule has 2 heterocycles. The van der Waals surface area contributed by atoms with Crippen molar-refractivity contribution >= 4 is 46.6 Å². The molecule has 0 spiro atoms. The number of benzene rings is 1. The number of aromatic nitrogens is 2. The standard InChI is InChI=1S/C21H28N6S.HI/c1-3-18-24-21(28-25-18)27-10-8-26(9-11-27)20(22-2)23-13-17-16-12-14-6-4-5-7-15(14)19(16)17;/h4-7,16-17,19H,3,8-13H2,1-2H3,(H,22,23);1H. The minimum atomic E-state index is 0. The van der Waals surface area contributed by atoms with Crippen LogP contribution >= 0.6 is 35.5 Å². The summed E-state index contributed by atoms with van der Waals surface area (Å²) in [6, 6.07) is 8.98. The fourth-order valence-electron chi connectivity index (χ4n) is 4.93. The second kappa shape index (κ2) is 8.75. The molecule has 6 nitrogen and oxygen atoms in total. The Morgan fingerprint density at radius 3 is 2.76 bits per heavy atom. The molecule has 2 aliphatic carbocycles. The van der Waals surface area contributed by atoms with Crippen molar-refractivity contribution in [1.82, 2.24) is 19.6 Å². The van der Waals surface area contributed by atoms with E-state index in [0.29, 0.717) is 0 Å². The molecule has 5 rings (SSSR count). The molecule has 0 bridgehead atoms. The highest BCUT2D eigenvalue weighted by molar-refractivity contribution is 14.0. The molecule has 3 atom stereocenters. The van der Waals surface area contributed by atoms with Crippen molar-refractivity contribution in [2.45, 2.75) is 25.7 Å². The molecule has 1 saturated carbocycles. The van der Waals surface area contributed by atoms with Crippen LogP contribution < -0.4 is 10.2 Å². The largest absolute Gasteiger partial charge is 0.356 e. The zero-order chi connectivity index (χ0) is 19.1. The molecule has 2 fully saturated rings. The first kappa shape index (κ1) is 20.8. The molecule has 3 aliphatic rings. The smallest absolute Gasteiger partial charge is 0.205 e. The van der Waals surface area contributed by atoms with Crippen molar-refractivity contribution in [3.8, 4) is 0 Å². The highest BCUT2D eigenvalue weighted by atomic mass is 127. The van der Waals surface area contributed by atoms with Gasteiger partial charge in [-0.25, -0.2) is 4.98 Å². The van der Waals surface area contributed by atoms with Gasteiger partial charge in [0.15, 0.2) is 5.96 Å². The third kappa shape index (κ3) is 3.97. The van der Waals surface area contributed by atoms with E-state index in [1.165, 1.54) is 18.0 Å². The number of fused-ring (bicyclic) bond motifs is 3. The van der Waals surface area contributed by atoms with Crippen molar-refractivity contribution in [1.29, 1.82) is 0 Å². The Morgan fingerprint density at radius 2 is 2.03 bits per heavy atom. The van der Waals surface area contributed by atoms with Crippen LogP contribution in [0.2, 0.25) is 0 Å². The van der Waals surface area contributed by atoms with Gasteiger partial charge in [0.25, 0.3) is 0 Å². The average molecular weight is 524 g/mol. The summed E-state index contributed by atoms with van der Waals surface area (Å²) >= 11 is 1.52. The fourth-order valence-corrected chi connectivity index (χ4v) is 5.73. The number of guanidine groups is 1. The molecule has 1 aromatic carbocycles. The lowest BCUT2D eigenvalue weighted by molar-refractivity contribution is 0.371. The van der Waals surface area contributed by atoms with Crippen LogP contribution in [0.3, 0.4) is 0 Å². The molecule has 3 unspecified atom stereocenters. The van der Waals surface area contributed by atoms with Crippen molar-refractivity contribution in [3.05, 3.63) is 41.2 Å². The number of aryl methyl sites for hydroxylation is 1. The van der Waals surface area contributed by atoms with Crippen LogP contribution in [0.1, 0.15) is 29.8 Å². The maximum atomic E-state index is 4.63. The maximum Gasteiger partial charge on any atom is 0.205 e. The minimum Gasteiger partial charge on any atom is -0.356 e. The molecule has 1 aromatic heterocycles. The van der Waals surface area contributed by atoms with Gasteiger partial charge in [-0.05, 0) is 35.3 Å². The Labute approximate surface area is 194 Å². The van der Waals surface area contributed by atoms with Gasteiger partial charge in [-0.2, -0.15) is 4.37 Å². The molecule has 156 valence electrons. The van der Waals surface area contributed by atoms with Crippen LogP contribution in [-0.4, -0.2) is 60.0 Å². The molecule has 2 aromatic rings. The Morgan fingerprint density at radius 1 is 1.24 bits per heavy atom. The molecule has 1 saturated heterocycles. The van der Waals surface area contributed by atoms with Crippen molar-refractivity contribution < 1.29 is 0 Å². The van der Waals surface area contributed by atoms with Crippen LogP contribution in [0, 0.1) is 11.8 Å². The lowest BCUT2D eigenvalue weighted by atomic mass is 10.0. The van der Waals surface area contributed by atoms with Crippen molar-refractivity contribution in [2.24, 2.45) is 16.8 Å². The fraction of sp³-hybridized carbons (Fsp3) is 0.571. The summed E-state index contributed by atoms with van der Waals surface area (Å²) in [5.74, 6) is 4.37. The Balaban J connectivity index is 0.00000205. The predicted molar refractivity (Wildman–Crippen MR) is 130 cm³/mol. The SMILES string of the molecule is CCc1nsc(N2CCN(C(=NC)NCC3C4Cc5ccccc5C34)CC2)n1.I. The van der Waals surface area contributed by atoms with Crippen LogP contribution in [0.25, 0.3) is 0 Å². The van der Waals surface area contributed by atoms with Crippen molar-refractivity contribution in [2.75, 3.05) is 44.7 Å². The first-order valence-electron chi connectivity index (χ1n) is 10.4. The van der Waals surface area contributed by atoms with E-state index in [0.717, 1.165) is 73.8 Å². The van der Waals surface area contributed by atoms with Crippen LogP contribution in [0.4, 0.5) is 5.13 Å². The summed E-state index contributed by atoms with van der Waals surface area (Å²) in [6.45, 7) is 7.03. The van der Waals surface area contributed by atoms with Crippen LogP contribution in [0.5, 0.6) is 0 Å². The van der Waals surface area contributed by atoms with Gasteiger partial charge >= 0.3 is 0 Å². The Bertz CT molecular complexity index is 876. The number of halogens is 1. The van der Waals surface area contributed by atoms with Gasteiger partial charge < -0.3 is 15.1 Å². The molecule has 1 aliphatic heterocycles. The number of piperazine rings is 1. The number of nitrogens with zero attached hydrogens (tertiary/aromatic N) is 5. The number of rotatable bonds is 4. The van der Waals surface area contributed by atoms with Gasteiger partial charge in [0.05, 0.1) is 0 Å². The normalized spacial score (nSPS) is 25.3. The van der Waals surface area contributed by atoms with E-state index in [1.54, 1.807) is 11.1 Å². The van der Waals surface area contributed by atoms with Crippen LogP contribution in [-0.2, 0) is 12.8 Å². The number of hydrogen-bond donors (Lipinski definition) is 1. The van der Waals surface area contributed by atoms with E-state index in [-0.39, 0.29) is 24.0 Å². The monoisotopic (exact) mass is 524 g/mol. The molecule has 8 heteroatoms. The second-order valence-electron chi connectivity index (χ2n) is 8.01. The first-order chi connectivity index (χ1) is 13.8. The molecular weight excluding hydrogens is 495 g/mol. The molecule has 0 amide bonds. The highest BCUT2D eigenvalue weighted by Crippen LogP contribution is 2.60. The maximum absolute atomic E-state index is 4.63. The van der Waals surface area contributed by atoms with Crippen molar-refractivity contribution in [3.63, 3.8) is 0 Å².